The van der Waals surface area contributed by atoms with Crippen molar-refractivity contribution >= 4 is 21.6 Å². The minimum atomic E-state index is -3.60. The summed E-state index contributed by atoms with van der Waals surface area (Å²) in [5.41, 5.74) is 0.459. The van der Waals surface area contributed by atoms with Crippen LogP contribution in [0.2, 0.25) is 0 Å². The Balaban J connectivity index is 2.23. The van der Waals surface area contributed by atoms with Gasteiger partial charge < -0.3 is 14.5 Å². The smallest absolute Gasteiger partial charge is 0.246 e. The normalized spacial score (nSPS) is 17.2. The molecule has 0 N–H and O–H groups in total. The number of sulfonamides is 1. The number of piperazine rings is 1. The van der Waals surface area contributed by atoms with Gasteiger partial charge in [0, 0.05) is 26.2 Å². The summed E-state index contributed by atoms with van der Waals surface area (Å²) in [6, 6.07) is 5.96. The number of likely N-dealkylation sites (N-methyl/N-ethyl adjacent to an activating group) is 1. The van der Waals surface area contributed by atoms with E-state index in [1.165, 1.54) is 4.31 Å². The molecule has 1 aromatic rings. The molecule has 1 heterocycles. The van der Waals surface area contributed by atoms with Crippen LogP contribution in [0.1, 0.15) is 13.8 Å². The van der Waals surface area contributed by atoms with Gasteiger partial charge in [-0.1, -0.05) is 0 Å². The van der Waals surface area contributed by atoms with Crippen molar-refractivity contribution in [2.24, 2.45) is 0 Å². The molecule has 1 fully saturated rings. The average molecular weight is 369 g/mol. The first-order valence-electron chi connectivity index (χ1n) is 8.43. The predicted octanol–water partition coefficient (Wildman–Crippen LogP) is 1.01. The number of rotatable bonds is 6. The maximum atomic E-state index is 12.8. The number of hydrogen-bond acceptors (Lipinski definition) is 5. The number of carbonyl (C=O) groups excluding carboxylic acids is 1. The average Bonchev–Trinajstić information content (AvgIpc) is 2.55. The lowest BCUT2D eigenvalue weighted by Gasteiger charge is -2.36. The summed E-state index contributed by atoms with van der Waals surface area (Å²) in [6.45, 7) is 6.86. The second-order valence-corrected chi connectivity index (χ2v) is 8.15. The largest absolute Gasteiger partial charge is 0.494 e. The molecule has 8 heteroatoms. The Morgan fingerprint density at radius 1 is 1.20 bits per heavy atom. The van der Waals surface area contributed by atoms with Crippen LogP contribution in [0.15, 0.2) is 24.3 Å². The van der Waals surface area contributed by atoms with Gasteiger partial charge in [0.15, 0.2) is 0 Å². The first kappa shape index (κ1) is 19.5. The van der Waals surface area contributed by atoms with E-state index in [2.05, 4.69) is 4.90 Å². The third-order valence-electron chi connectivity index (χ3n) is 4.28. The van der Waals surface area contributed by atoms with Gasteiger partial charge in [-0.05, 0) is 45.2 Å². The molecular formula is C17H27N3O4S. The number of nitrogens with zero attached hydrogens (tertiary/aromatic N) is 3. The van der Waals surface area contributed by atoms with E-state index in [4.69, 9.17) is 4.74 Å². The number of anilines is 1. The molecule has 1 saturated heterocycles. The topological polar surface area (TPSA) is 70.2 Å². The van der Waals surface area contributed by atoms with Crippen molar-refractivity contribution in [2.75, 3.05) is 50.4 Å². The molecular weight excluding hydrogens is 342 g/mol. The van der Waals surface area contributed by atoms with Crippen LogP contribution in [0.3, 0.4) is 0 Å². The lowest BCUT2D eigenvalue weighted by molar-refractivity contribution is -0.133. The number of benzene rings is 1. The fourth-order valence-electron chi connectivity index (χ4n) is 2.95. The van der Waals surface area contributed by atoms with Crippen molar-refractivity contribution in [1.82, 2.24) is 9.80 Å². The highest BCUT2D eigenvalue weighted by Gasteiger charge is 2.32. The van der Waals surface area contributed by atoms with E-state index in [0.717, 1.165) is 19.3 Å². The Morgan fingerprint density at radius 3 is 2.24 bits per heavy atom. The monoisotopic (exact) mass is 369 g/mol. The van der Waals surface area contributed by atoms with E-state index >= 15 is 0 Å². The van der Waals surface area contributed by atoms with E-state index in [9.17, 15) is 13.2 Å². The summed E-state index contributed by atoms with van der Waals surface area (Å²) in [4.78, 5) is 16.7. The van der Waals surface area contributed by atoms with Crippen LogP contribution in [0.5, 0.6) is 5.75 Å². The maximum Gasteiger partial charge on any atom is 0.246 e. The van der Waals surface area contributed by atoms with E-state index in [1.807, 2.05) is 14.0 Å². The second-order valence-electron chi connectivity index (χ2n) is 6.29. The fraction of sp³-hybridized carbons (Fsp3) is 0.588. The van der Waals surface area contributed by atoms with Gasteiger partial charge in [0.05, 0.1) is 18.6 Å². The van der Waals surface area contributed by atoms with Gasteiger partial charge in [-0.15, -0.1) is 0 Å². The lowest BCUT2D eigenvalue weighted by Crippen LogP contribution is -2.54. The molecule has 1 aliphatic heterocycles. The SMILES string of the molecule is CCOc1ccc(N(C(C)C(=O)N2CCN(C)CC2)S(C)(=O)=O)cc1. The van der Waals surface area contributed by atoms with E-state index in [-0.39, 0.29) is 5.91 Å². The van der Waals surface area contributed by atoms with Crippen molar-refractivity contribution in [3.8, 4) is 5.75 Å². The van der Waals surface area contributed by atoms with Gasteiger partial charge in [0.25, 0.3) is 0 Å². The summed E-state index contributed by atoms with van der Waals surface area (Å²) in [7, 11) is -1.59. The molecule has 1 unspecified atom stereocenters. The van der Waals surface area contributed by atoms with Gasteiger partial charge in [-0.25, -0.2) is 8.42 Å². The first-order chi connectivity index (χ1) is 11.7. The molecule has 2 rings (SSSR count). The highest BCUT2D eigenvalue weighted by molar-refractivity contribution is 7.92. The molecule has 0 radical (unpaired) electrons. The van der Waals surface area contributed by atoms with E-state index in [0.29, 0.717) is 31.1 Å². The number of carbonyl (C=O) groups is 1. The number of amides is 1. The number of ether oxygens (including phenoxy) is 1. The quantitative estimate of drug-likeness (QED) is 0.749. The lowest BCUT2D eigenvalue weighted by atomic mass is 10.2. The zero-order chi connectivity index (χ0) is 18.6. The molecule has 140 valence electrons. The Bertz CT molecular complexity index is 682. The molecule has 0 bridgehead atoms. The van der Waals surface area contributed by atoms with Gasteiger partial charge in [0.2, 0.25) is 15.9 Å². The molecule has 25 heavy (non-hydrogen) atoms. The van der Waals surface area contributed by atoms with Crippen LogP contribution in [0, 0.1) is 0 Å². The molecule has 1 amide bonds. The summed E-state index contributed by atoms with van der Waals surface area (Å²) in [6.07, 6.45) is 1.12. The third-order valence-corrected chi connectivity index (χ3v) is 5.53. The molecule has 0 saturated carbocycles. The summed E-state index contributed by atoms with van der Waals surface area (Å²) in [5, 5.41) is 0. The molecule has 0 spiro atoms. The van der Waals surface area contributed by atoms with E-state index < -0.39 is 16.1 Å². The van der Waals surface area contributed by atoms with Gasteiger partial charge in [-0.3, -0.25) is 9.10 Å². The fourth-order valence-corrected chi connectivity index (χ4v) is 4.12. The Labute approximate surface area is 150 Å². The Kier molecular flexibility index (Phi) is 6.29. The van der Waals surface area contributed by atoms with Crippen molar-refractivity contribution in [1.29, 1.82) is 0 Å². The first-order valence-corrected chi connectivity index (χ1v) is 10.3. The zero-order valence-corrected chi connectivity index (χ0v) is 16.1. The Hall–Kier alpha value is -1.80. The molecule has 0 aromatic heterocycles. The molecule has 1 atom stereocenters. The zero-order valence-electron chi connectivity index (χ0n) is 15.3. The van der Waals surface area contributed by atoms with Gasteiger partial charge >= 0.3 is 0 Å². The highest BCUT2D eigenvalue weighted by atomic mass is 32.2. The molecule has 7 nitrogen and oxygen atoms in total. The predicted molar refractivity (Wildman–Crippen MR) is 98.5 cm³/mol. The second kappa shape index (κ2) is 8.05. The van der Waals surface area contributed by atoms with Crippen LogP contribution >= 0.6 is 0 Å². The molecule has 1 aromatic carbocycles. The maximum absolute atomic E-state index is 12.8. The standard InChI is InChI=1S/C17H27N3O4S/c1-5-24-16-8-6-15(7-9-16)20(25(4,22)23)14(2)17(21)19-12-10-18(3)11-13-19/h6-9,14H,5,10-13H2,1-4H3. The summed E-state index contributed by atoms with van der Waals surface area (Å²) >= 11 is 0. The highest BCUT2D eigenvalue weighted by Crippen LogP contribution is 2.24. The van der Waals surface area contributed by atoms with Crippen LogP contribution in [0.25, 0.3) is 0 Å². The molecule has 1 aliphatic rings. The molecule has 0 aliphatic carbocycles. The number of hydrogen-bond donors (Lipinski definition) is 0. The van der Waals surface area contributed by atoms with Crippen LogP contribution in [-0.2, 0) is 14.8 Å². The van der Waals surface area contributed by atoms with E-state index in [1.54, 1.807) is 36.1 Å². The summed E-state index contributed by atoms with van der Waals surface area (Å²) < 4.78 is 31.3. The third kappa shape index (κ3) is 4.85. The van der Waals surface area contributed by atoms with Crippen molar-refractivity contribution in [2.45, 2.75) is 19.9 Å². The Morgan fingerprint density at radius 2 is 1.76 bits per heavy atom. The van der Waals surface area contributed by atoms with Gasteiger partial charge in [0.1, 0.15) is 11.8 Å². The van der Waals surface area contributed by atoms with Crippen LogP contribution in [-0.4, -0.2) is 76.3 Å². The van der Waals surface area contributed by atoms with Crippen molar-refractivity contribution < 1.29 is 17.9 Å². The van der Waals surface area contributed by atoms with Crippen molar-refractivity contribution in [3.63, 3.8) is 0 Å². The van der Waals surface area contributed by atoms with Crippen LogP contribution < -0.4 is 9.04 Å². The van der Waals surface area contributed by atoms with Crippen LogP contribution in [0.4, 0.5) is 5.69 Å². The van der Waals surface area contributed by atoms with Gasteiger partial charge in [-0.2, -0.15) is 0 Å². The summed E-state index contributed by atoms with van der Waals surface area (Å²) in [5.74, 6) is 0.491. The minimum absolute atomic E-state index is 0.174. The minimum Gasteiger partial charge on any atom is -0.494 e. The van der Waals surface area contributed by atoms with Crippen molar-refractivity contribution in [3.05, 3.63) is 24.3 Å².